The van der Waals surface area contributed by atoms with Crippen molar-refractivity contribution >= 4 is 11.9 Å². The number of rotatable bonds is 14. The standard InChI is InChI=1S/C35H43F3O6/c1-22(24(3)39)33(41)43-31-19-30(20-32(21-31)44-34(42)23(2)25(4)40)29-16-14-28(15-17-29)27-12-10-26(11-13-27)9-7-5-6-8-18-35(36,37)38/h14-17,19-21,24-27,39-40H,1-2,5-13,18H2,3-4H3. The molecule has 1 aliphatic carbocycles. The molecule has 0 heterocycles. The van der Waals surface area contributed by atoms with Gasteiger partial charge in [0, 0.05) is 12.5 Å². The third kappa shape index (κ3) is 10.9. The average molecular weight is 617 g/mol. The molecule has 3 rings (SSSR count). The Balaban J connectivity index is 1.65. The van der Waals surface area contributed by atoms with Crippen molar-refractivity contribution in [2.24, 2.45) is 5.92 Å². The van der Waals surface area contributed by atoms with Crippen molar-refractivity contribution in [3.05, 3.63) is 72.3 Å². The lowest BCUT2D eigenvalue weighted by Gasteiger charge is -2.29. The number of carbonyl (C=O) groups is 2. The zero-order valence-electron chi connectivity index (χ0n) is 25.5. The van der Waals surface area contributed by atoms with E-state index in [0.717, 1.165) is 50.5 Å². The van der Waals surface area contributed by atoms with Crippen molar-refractivity contribution in [1.29, 1.82) is 0 Å². The van der Waals surface area contributed by atoms with Crippen LogP contribution >= 0.6 is 0 Å². The molecule has 2 atom stereocenters. The normalized spacial score (nSPS) is 18.2. The zero-order valence-corrected chi connectivity index (χ0v) is 25.5. The van der Waals surface area contributed by atoms with Gasteiger partial charge in [-0.15, -0.1) is 0 Å². The zero-order chi connectivity index (χ0) is 32.4. The predicted molar refractivity (Wildman–Crippen MR) is 163 cm³/mol. The predicted octanol–water partition coefficient (Wildman–Crippen LogP) is 8.22. The number of halogens is 3. The van der Waals surface area contributed by atoms with Gasteiger partial charge in [0.25, 0.3) is 0 Å². The largest absolute Gasteiger partial charge is 0.423 e. The van der Waals surface area contributed by atoms with E-state index in [2.05, 4.69) is 25.3 Å². The number of unbranched alkanes of at least 4 members (excludes halogenated alkanes) is 3. The van der Waals surface area contributed by atoms with Gasteiger partial charge in [-0.1, -0.05) is 63.1 Å². The maximum Gasteiger partial charge on any atom is 0.389 e. The fourth-order valence-electron chi connectivity index (χ4n) is 5.39. The molecule has 1 fully saturated rings. The molecule has 2 unspecified atom stereocenters. The van der Waals surface area contributed by atoms with Crippen LogP contribution in [0.4, 0.5) is 13.2 Å². The number of benzene rings is 2. The van der Waals surface area contributed by atoms with E-state index < -0.39 is 36.7 Å². The van der Waals surface area contributed by atoms with Crippen molar-refractivity contribution in [3.8, 4) is 22.6 Å². The third-order valence-corrected chi connectivity index (χ3v) is 8.22. The Labute approximate surface area is 257 Å². The summed E-state index contributed by atoms with van der Waals surface area (Å²) in [7, 11) is 0. The van der Waals surface area contributed by atoms with Crippen molar-refractivity contribution in [1.82, 2.24) is 0 Å². The SMILES string of the molecule is C=C(C(=O)Oc1cc(OC(=O)C(=C)C(C)O)cc(-c2ccc(C3CCC(CCCCCCC(F)(F)F)CC3)cc2)c1)C(C)O. The van der Waals surface area contributed by atoms with Crippen LogP contribution in [0.5, 0.6) is 11.5 Å². The van der Waals surface area contributed by atoms with Gasteiger partial charge in [-0.3, -0.25) is 0 Å². The number of hydrogen-bond acceptors (Lipinski definition) is 6. The number of alkyl halides is 3. The summed E-state index contributed by atoms with van der Waals surface area (Å²) in [5.74, 6) is -0.432. The number of aliphatic hydroxyl groups is 2. The van der Waals surface area contributed by atoms with Gasteiger partial charge in [0.15, 0.2) is 0 Å². The van der Waals surface area contributed by atoms with E-state index in [0.29, 0.717) is 23.8 Å². The molecule has 0 bridgehead atoms. The van der Waals surface area contributed by atoms with Crippen molar-refractivity contribution in [2.75, 3.05) is 0 Å². The Hall–Kier alpha value is -3.43. The van der Waals surface area contributed by atoms with Gasteiger partial charge in [-0.25, -0.2) is 9.59 Å². The Morgan fingerprint density at radius 2 is 1.30 bits per heavy atom. The minimum Gasteiger partial charge on any atom is -0.423 e. The van der Waals surface area contributed by atoms with Gasteiger partial charge < -0.3 is 19.7 Å². The lowest BCUT2D eigenvalue weighted by molar-refractivity contribution is -0.136. The van der Waals surface area contributed by atoms with Crippen LogP contribution < -0.4 is 9.47 Å². The molecule has 9 heteroatoms. The summed E-state index contributed by atoms with van der Waals surface area (Å²) in [5.41, 5.74) is 2.38. The molecule has 2 aromatic carbocycles. The molecule has 0 amide bonds. The van der Waals surface area contributed by atoms with Gasteiger partial charge in [-0.05, 0) is 86.6 Å². The molecule has 1 aliphatic rings. The first-order valence-corrected chi connectivity index (χ1v) is 15.2. The van der Waals surface area contributed by atoms with E-state index in [9.17, 15) is 33.0 Å². The van der Waals surface area contributed by atoms with Crippen molar-refractivity contribution in [2.45, 2.75) is 102 Å². The number of carbonyl (C=O) groups excluding carboxylic acids is 2. The molecule has 240 valence electrons. The van der Waals surface area contributed by atoms with Crippen LogP contribution in [0.25, 0.3) is 11.1 Å². The highest BCUT2D eigenvalue weighted by atomic mass is 19.4. The van der Waals surface area contributed by atoms with Gasteiger partial charge >= 0.3 is 18.1 Å². The second-order valence-electron chi connectivity index (χ2n) is 11.8. The molecule has 0 spiro atoms. The van der Waals surface area contributed by atoms with Crippen LogP contribution in [0.3, 0.4) is 0 Å². The summed E-state index contributed by atoms with van der Waals surface area (Å²) in [4.78, 5) is 24.9. The lowest BCUT2D eigenvalue weighted by atomic mass is 9.77. The molecule has 2 aromatic rings. The highest BCUT2D eigenvalue weighted by molar-refractivity contribution is 5.92. The molecular weight excluding hydrogens is 573 g/mol. The van der Waals surface area contributed by atoms with Crippen LogP contribution in [0.15, 0.2) is 66.8 Å². The number of hydrogen-bond donors (Lipinski definition) is 2. The first-order valence-electron chi connectivity index (χ1n) is 15.2. The minimum absolute atomic E-state index is 0.0857. The summed E-state index contributed by atoms with van der Waals surface area (Å²) in [6, 6.07) is 12.6. The Kier molecular flexibility index (Phi) is 12.8. The van der Waals surface area contributed by atoms with Gasteiger partial charge in [0.05, 0.1) is 23.4 Å². The van der Waals surface area contributed by atoms with Gasteiger partial charge in [-0.2, -0.15) is 13.2 Å². The molecule has 6 nitrogen and oxygen atoms in total. The summed E-state index contributed by atoms with van der Waals surface area (Å²) >= 11 is 0. The fourth-order valence-corrected chi connectivity index (χ4v) is 5.39. The third-order valence-electron chi connectivity index (χ3n) is 8.22. The number of aliphatic hydroxyl groups excluding tert-OH is 2. The number of ether oxygens (including phenoxy) is 2. The van der Waals surface area contributed by atoms with Gasteiger partial charge in [0.1, 0.15) is 11.5 Å². The maximum absolute atomic E-state index is 12.4. The fraction of sp³-hybridized carbons (Fsp3) is 0.486. The first kappa shape index (κ1) is 35.1. The average Bonchev–Trinajstić information content (AvgIpc) is 2.97. The quantitative estimate of drug-likeness (QED) is 0.0962. The minimum atomic E-state index is -4.06. The van der Waals surface area contributed by atoms with E-state index in [-0.39, 0.29) is 29.1 Å². The van der Waals surface area contributed by atoms with Crippen LogP contribution in [0.2, 0.25) is 0 Å². The van der Waals surface area contributed by atoms with E-state index in [1.165, 1.54) is 25.5 Å². The summed E-state index contributed by atoms with van der Waals surface area (Å²) < 4.78 is 47.7. The second kappa shape index (κ2) is 16.0. The molecule has 1 saturated carbocycles. The number of esters is 2. The lowest BCUT2D eigenvalue weighted by Crippen LogP contribution is -2.20. The van der Waals surface area contributed by atoms with Crippen molar-refractivity contribution in [3.63, 3.8) is 0 Å². The van der Waals surface area contributed by atoms with E-state index in [4.69, 9.17) is 9.47 Å². The molecule has 0 saturated heterocycles. The van der Waals surface area contributed by atoms with E-state index in [1.54, 1.807) is 12.1 Å². The molecule has 2 N–H and O–H groups in total. The summed E-state index contributed by atoms with van der Waals surface area (Å²) in [5, 5.41) is 19.4. The molecule has 0 radical (unpaired) electrons. The van der Waals surface area contributed by atoms with Crippen LogP contribution in [0, 0.1) is 5.92 Å². The topological polar surface area (TPSA) is 93.1 Å². The van der Waals surface area contributed by atoms with E-state index >= 15 is 0 Å². The summed E-state index contributed by atoms with van der Waals surface area (Å²) in [6.45, 7) is 9.90. The smallest absolute Gasteiger partial charge is 0.389 e. The van der Waals surface area contributed by atoms with Crippen LogP contribution in [-0.2, 0) is 9.59 Å². The van der Waals surface area contributed by atoms with Gasteiger partial charge in [0.2, 0.25) is 0 Å². The monoisotopic (exact) mass is 616 g/mol. The van der Waals surface area contributed by atoms with Crippen molar-refractivity contribution < 1.29 is 42.4 Å². The maximum atomic E-state index is 12.4. The highest BCUT2D eigenvalue weighted by Crippen LogP contribution is 2.39. The molecule has 0 aromatic heterocycles. The first-order chi connectivity index (χ1) is 20.7. The molecular formula is C35H43F3O6. The Bertz CT molecular complexity index is 1240. The Morgan fingerprint density at radius 1 is 0.795 bits per heavy atom. The van der Waals surface area contributed by atoms with Crippen LogP contribution in [0.1, 0.15) is 89.5 Å². The highest BCUT2D eigenvalue weighted by Gasteiger charge is 2.26. The van der Waals surface area contributed by atoms with Crippen LogP contribution in [-0.4, -0.2) is 40.5 Å². The molecule has 44 heavy (non-hydrogen) atoms. The second-order valence-corrected chi connectivity index (χ2v) is 11.8. The summed E-state index contributed by atoms with van der Waals surface area (Å²) in [6.07, 6.45) is 1.12. The van der Waals surface area contributed by atoms with E-state index in [1.807, 2.05) is 12.1 Å². The molecule has 0 aliphatic heterocycles. The Morgan fingerprint density at radius 3 is 1.77 bits per heavy atom.